The second-order valence-electron chi connectivity index (χ2n) is 4.93. The Morgan fingerprint density at radius 2 is 2.09 bits per heavy atom. The van der Waals surface area contributed by atoms with Crippen LogP contribution in [0, 0.1) is 11.3 Å². The zero-order valence-corrected chi connectivity index (χ0v) is 13.0. The van der Waals surface area contributed by atoms with Crippen molar-refractivity contribution in [3.05, 3.63) is 58.9 Å². The Balaban J connectivity index is 1.93. The number of ether oxygens (including phenoxy) is 1. The summed E-state index contributed by atoms with van der Waals surface area (Å²) in [6, 6.07) is 14.6. The van der Waals surface area contributed by atoms with Crippen molar-refractivity contribution in [2.75, 3.05) is 6.61 Å². The Labute approximate surface area is 138 Å². The second-order valence-corrected chi connectivity index (χ2v) is 5.37. The lowest BCUT2D eigenvalue weighted by molar-refractivity contribution is 0.260. The van der Waals surface area contributed by atoms with Gasteiger partial charge in [-0.05, 0) is 30.3 Å². The fourth-order valence-electron chi connectivity index (χ4n) is 2.43. The van der Waals surface area contributed by atoms with Gasteiger partial charge in [-0.2, -0.15) is 5.26 Å². The summed E-state index contributed by atoms with van der Waals surface area (Å²) in [6.07, 6.45) is 0. The van der Waals surface area contributed by atoms with Gasteiger partial charge in [0.15, 0.2) is 0 Å². The summed E-state index contributed by atoms with van der Waals surface area (Å²) in [5.41, 5.74) is 2.11. The van der Waals surface area contributed by atoms with E-state index in [4.69, 9.17) is 21.6 Å². The molecule has 0 radical (unpaired) electrons. The molecule has 0 fully saturated rings. The van der Waals surface area contributed by atoms with Gasteiger partial charge in [0.2, 0.25) is 0 Å². The average Bonchev–Trinajstić information content (AvgIpc) is 2.91. The molecule has 2 aromatic carbocycles. The smallest absolute Gasteiger partial charge is 0.148 e. The van der Waals surface area contributed by atoms with Crippen LogP contribution in [0.25, 0.3) is 11.0 Å². The molecule has 1 N–H and O–H groups in total. The largest absolute Gasteiger partial charge is 0.484 e. The van der Waals surface area contributed by atoms with Crippen LogP contribution in [0.15, 0.2) is 42.5 Å². The minimum absolute atomic E-state index is 0.0141. The van der Waals surface area contributed by atoms with Gasteiger partial charge in [-0.1, -0.05) is 23.7 Å². The number of aliphatic hydroxyl groups excluding tert-OH is 1. The molecule has 0 saturated heterocycles. The molecule has 0 amide bonds. The molecule has 0 aliphatic rings. The van der Waals surface area contributed by atoms with Crippen molar-refractivity contribution in [3.63, 3.8) is 0 Å². The standard InChI is InChI=1S/C17H14ClN3O2/c18-13-5-6-14-15(9-13)21(7-8-22)17(20-14)11-23-16-4-2-1-3-12(16)10-19/h1-6,9,22H,7-8,11H2. The van der Waals surface area contributed by atoms with E-state index in [9.17, 15) is 5.11 Å². The minimum Gasteiger partial charge on any atom is -0.484 e. The van der Waals surface area contributed by atoms with Crippen LogP contribution in [0.1, 0.15) is 11.4 Å². The molecule has 0 atom stereocenters. The van der Waals surface area contributed by atoms with Crippen molar-refractivity contribution in [2.45, 2.75) is 13.2 Å². The van der Waals surface area contributed by atoms with E-state index in [-0.39, 0.29) is 13.2 Å². The van der Waals surface area contributed by atoms with Gasteiger partial charge in [0.05, 0.1) is 23.2 Å². The fourth-order valence-corrected chi connectivity index (χ4v) is 2.60. The van der Waals surface area contributed by atoms with E-state index < -0.39 is 0 Å². The SMILES string of the molecule is N#Cc1ccccc1OCc1nc2ccc(Cl)cc2n1CCO. The van der Waals surface area contributed by atoms with Gasteiger partial charge in [0.25, 0.3) is 0 Å². The fraction of sp³-hybridized carbons (Fsp3) is 0.176. The summed E-state index contributed by atoms with van der Waals surface area (Å²) < 4.78 is 7.61. The quantitative estimate of drug-likeness (QED) is 0.781. The number of nitriles is 1. The number of para-hydroxylation sites is 1. The van der Waals surface area contributed by atoms with E-state index in [1.165, 1.54) is 0 Å². The summed E-state index contributed by atoms with van der Waals surface area (Å²) in [5, 5.41) is 19.0. The second kappa shape index (κ2) is 6.69. The predicted octanol–water partition coefficient (Wildman–Crippen LogP) is 3.13. The maximum absolute atomic E-state index is 9.29. The summed E-state index contributed by atoms with van der Waals surface area (Å²) in [6.45, 7) is 0.584. The third-order valence-electron chi connectivity index (χ3n) is 3.48. The molecule has 0 aliphatic carbocycles. The predicted molar refractivity (Wildman–Crippen MR) is 87.3 cm³/mol. The van der Waals surface area contributed by atoms with Crippen LogP contribution in [0.3, 0.4) is 0 Å². The lowest BCUT2D eigenvalue weighted by Gasteiger charge is -2.10. The summed E-state index contributed by atoms with van der Waals surface area (Å²) in [4.78, 5) is 4.53. The topological polar surface area (TPSA) is 71.1 Å². The van der Waals surface area contributed by atoms with Gasteiger partial charge in [-0.3, -0.25) is 0 Å². The highest BCUT2D eigenvalue weighted by Crippen LogP contribution is 2.23. The van der Waals surface area contributed by atoms with Gasteiger partial charge >= 0.3 is 0 Å². The molecule has 0 bridgehead atoms. The highest BCUT2D eigenvalue weighted by molar-refractivity contribution is 6.31. The number of aliphatic hydroxyl groups is 1. The van der Waals surface area contributed by atoms with Crippen LogP contribution in [0.5, 0.6) is 5.75 Å². The molecule has 0 aliphatic heterocycles. The number of rotatable bonds is 5. The number of nitrogens with zero attached hydrogens (tertiary/aromatic N) is 3. The molecular weight excluding hydrogens is 314 g/mol. The zero-order valence-electron chi connectivity index (χ0n) is 12.2. The Hall–Kier alpha value is -2.55. The molecule has 116 valence electrons. The first-order valence-corrected chi connectivity index (χ1v) is 7.48. The first kappa shape index (κ1) is 15.3. The molecule has 0 saturated carbocycles. The monoisotopic (exact) mass is 327 g/mol. The molecule has 1 aromatic heterocycles. The van der Waals surface area contributed by atoms with Crippen molar-refractivity contribution in [3.8, 4) is 11.8 Å². The third-order valence-corrected chi connectivity index (χ3v) is 3.71. The Kier molecular flexibility index (Phi) is 4.47. The number of benzene rings is 2. The van der Waals surface area contributed by atoms with E-state index in [1.807, 2.05) is 22.8 Å². The van der Waals surface area contributed by atoms with Gasteiger partial charge in [-0.25, -0.2) is 4.98 Å². The van der Waals surface area contributed by atoms with Crippen molar-refractivity contribution in [1.82, 2.24) is 9.55 Å². The van der Waals surface area contributed by atoms with E-state index in [2.05, 4.69) is 11.1 Å². The third kappa shape index (κ3) is 3.14. The normalized spacial score (nSPS) is 10.7. The van der Waals surface area contributed by atoms with Crippen LogP contribution < -0.4 is 4.74 Å². The number of hydrogen-bond donors (Lipinski definition) is 1. The highest BCUT2D eigenvalue weighted by Gasteiger charge is 2.12. The Morgan fingerprint density at radius 3 is 2.87 bits per heavy atom. The number of halogens is 1. The first-order valence-electron chi connectivity index (χ1n) is 7.10. The molecule has 23 heavy (non-hydrogen) atoms. The first-order chi connectivity index (χ1) is 11.2. The summed E-state index contributed by atoms with van der Waals surface area (Å²) >= 11 is 6.04. The van der Waals surface area contributed by atoms with Gasteiger partial charge < -0.3 is 14.4 Å². The van der Waals surface area contributed by atoms with Crippen LogP contribution in [-0.2, 0) is 13.2 Å². The molecule has 1 heterocycles. The van der Waals surface area contributed by atoms with E-state index in [0.29, 0.717) is 28.7 Å². The minimum atomic E-state index is -0.0141. The van der Waals surface area contributed by atoms with Gasteiger partial charge in [0.1, 0.15) is 24.3 Å². The van der Waals surface area contributed by atoms with E-state index in [0.717, 1.165) is 11.0 Å². The van der Waals surface area contributed by atoms with Gasteiger partial charge in [0, 0.05) is 11.6 Å². The number of hydrogen-bond acceptors (Lipinski definition) is 4. The maximum atomic E-state index is 9.29. The van der Waals surface area contributed by atoms with Gasteiger partial charge in [-0.15, -0.1) is 0 Å². The van der Waals surface area contributed by atoms with Crippen LogP contribution in [0.4, 0.5) is 0 Å². The van der Waals surface area contributed by atoms with E-state index >= 15 is 0 Å². The maximum Gasteiger partial charge on any atom is 0.148 e. The number of imidazole rings is 1. The molecule has 3 rings (SSSR count). The van der Waals surface area contributed by atoms with Crippen LogP contribution >= 0.6 is 11.6 Å². The molecule has 5 nitrogen and oxygen atoms in total. The van der Waals surface area contributed by atoms with Crippen LogP contribution in [-0.4, -0.2) is 21.3 Å². The number of fused-ring (bicyclic) bond motifs is 1. The van der Waals surface area contributed by atoms with E-state index in [1.54, 1.807) is 24.3 Å². The van der Waals surface area contributed by atoms with Crippen molar-refractivity contribution in [2.24, 2.45) is 0 Å². The Morgan fingerprint density at radius 1 is 1.26 bits per heavy atom. The molecule has 6 heteroatoms. The lowest BCUT2D eigenvalue weighted by Crippen LogP contribution is -2.10. The highest BCUT2D eigenvalue weighted by atomic mass is 35.5. The molecule has 0 spiro atoms. The lowest BCUT2D eigenvalue weighted by atomic mass is 10.2. The average molecular weight is 328 g/mol. The summed E-state index contributed by atoms with van der Waals surface area (Å²) in [7, 11) is 0. The van der Waals surface area contributed by atoms with Crippen LogP contribution in [0.2, 0.25) is 5.02 Å². The van der Waals surface area contributed by atoms with Crippen molar-refractivity contribution < 1.29 is 9.84 Å². The zero-order chi connectivity index (χ0) is 16.2. The number of aromatic nitrogens is 2. The van der Waals surface area contributed by atoms with Crippen molar-refractivity contribution >= 4 is 22.6 Å². The molecule has 0 unspecified atom stereocenters. The molecular formula is C17H14ClN3O2. The Bertz CT molecular complexity index is 883. The molecule has 3 aromatic rings. The summed E-state index contributed by atoms with van der Waals surface area (Å²) in [5.74, 6) is 1.18. The van der Waals surface area contributed by atoms with Crippen molar-refractivity contribution in [1.29, 1.82) is 5.26 Å².